The van der Waals surface area contributed by atoms with Crippen LogP contribution in [-0.2, 0) is 9.53 Å². The Morgan fingerprint density at radius 2 is 2.35 bits per heavy atom. The molecule has 0 aromatic carbocycles. The number of carbonyl (C=O) groups excluding carboxylic acids is 1. The van der Waals surface area contributed by atoms with Gasteiger partial charge in [-0.25, -0.2) is 0 Å². The first-order valence-corrected chi connectivity index (χ1v) is 6.38. The van der Waals surface area contributed by atoms with Crippen molar-refractivity contribution in [1.82, 2.24) is 10.2 Å². The Morgan fingerprint density at radius 3 is 2.94 bits per heavy atom. The van der Waals surface area contributed by atoms with Crippen LogP contribution in [0, 0.1) is 5.92 Å². The lowest BCUT2D eigenvalue weighted by Crippen LogP contribution is -2.50. The van der Waals surface area contributed by atoms with Gasteiger partial charge in [0.2, 0.25) is 5.91 Å². The van der Waals surface area contributed by atoms with Crippen LogP contribution in [0.15, 0.2) is 0 Å². The van der Waals surface area contributed by atoms with Gasteiger partial charge in [-0.1, -0.05) is 20.3 Å². The van der Waals surface area contributed by atoms with Gasteiger partial charge in [-0.2, -0.15) is 0 Å². The number of hydrogen-bond donors (Lipinski definition) is 2. The minimum absolute atomic E-state index is 0.0730. The quantitative estimate of drug-likeness (QED) is 0.702. The molecule has 5 nitrogen and oxygen atoms in total. The predicted octanol–water partition coefficient (Wildman–Crippen LogP) is -0.193. The SMILES string of the molecule is CC[C@H](C)[C@H](N)C(=O)NCC1CN(C)CCO1. The fraction of sp³-hybridized carbons (Fsp3) is 0.917. The molecule has 1 fully saturated rings. The fourth-order valence-electron chi connectivity index (χ4n) is 1.83. The van der Waals surface area contributed by atoms with Crippen LogP contribution in [-0.4, -0.2) is 56.2 Å². The summed E-state index contributed by atoms with van der Waals surface area (Å²) >= 11 is 0. The van der Waals surface area contributed by atoms with Crippen LogP contribution in [0.25, 0.3) is 0 Å². The van der Waals surface area contributed by atoms with Crippen LogP contribution >= 0.6 is 0 Å². The van der Waals surface area contributed by atoms with E-state index in [0.717, 1.165) is 26.1 Å². The van der Waals surface area contributed by atoms with Crippen molar-refractivity contribution in [3.8, 4) is 0 Å². The Balaban J connectivity index is 2.27. The highest BCUT2D eigenvalue weighted by Gasteiger charge is 2.22. The predicted molar refractivity (Wildman–Crippen MR) is 67.7 cm³/mol. The average molecular weight is 243 g/mol. The van der Waals surface area contributed by atoms with E-state index in [2.05, 4.69) is 17.3 Å². The van der Waals surface area contributed by atoms with E-state index in [1.807, 2.05) is 13.8 Å². The molecule has 1 saturated heterocycles. The van der Waals surface area contributed by atoms with E-state index in [1.165, 1.54) is 0 Å². The zero-order valence-corrected chi connectivity index (χ0v) is 11.1. The highest BCUT2D eigenvalue weighted by Crippen LogP contribution is 2.06. The summed E-state index contributed by atoms with van der Waals surface area (Å²) < 4.78 is 5.57. The molecular formula is C12H25N3O2. The van der Waals surface area contributed by atoms with Crippen LogP contribution in [0.5, 0.6) is 0 Å². The summed E-state index contributed by atoms with van der Waals surface area (Å²) in [5.74, 6) is 0.140. The maximum atomic E-state index is 11.8. The van der Waals surface area contributed by atoms with Crippen molar-refractivity contribution in [3.05, 3.63) is 0 Å². The summed E-state index contributed by atoms with van der Waals surface area (Å²) in [6, 6.07) is -0.415. The summed E-state index contributed by atoms with van der Waals surface area (Å²) in [5, 5.41) is 2.87. The molecule has 3 N–H and O–H groups in total. The van der Waals surface area contributed by atoms with Gasteiger partial charge in [-0.15, -0.1) is 0 Å². The normalized spacial score (nSPS) is 25.3. The van der Waals surface area contributed by atoms with Crippen LogP contribution in [0.3, 0.4) is 0 Å². The van der Waals surface area contributed by atoms with E-state index in [1.54, 1.807) is 0 Å². The molecule has 1 heterocycles. The first-order chi connectivity index (χ1) is 8.04. The Kier molecular flexibility index (Phi) is 5.88. The molecule has 3 atom stereocenters. The number of rotatable bonds is 5. The maximum Gasteiger partial charge on any atom is 0.237 e. The molecule has 0 radical (unpaired) electrons. The summed E-state index contributed by atoms with van der Waals surface area (Å²) in [4.78, 5) is 14.0. The molecule has 1 amide bonds. The third kappa shape index (κ3) is 4.61. The van der Waals surface area contributed by atoms with Gasteiger partial charge >= 0.3 is 0 Å². The van der Waals surface area contributed by atoms with Crippen molar-refractivity contribution in [2.24, 2.45) is 11.7 Å². The molecule has 0 aromatic heterocycles. The Bertz CT molecular complexity index is 248. The Hall–Kier alpha value is -0.650. The van der Waals surface area contributed by atoms with Gasteiger partial charge in [0.25, 0.3) is 0 Å². The van der Waals surface area contributed by atoms with E-state index in [4.69, 9.17) is 10.5 Å². The highest BCUT2D eigenvalue weighted by molar-refractivity contribution is 5.81. The lowest BCUT2D eigenvalue weighted by molar-refractivity contribution is -0.124. The summed E-state index contributed by atoms with van der Waals surface area (Å²) in [7, 11) is 2.06. The van der Waals surface area contributed by atoms with Crippen LogP contribution in [0.4, 0.5) is 0 Å². The van der Waals surface area contributed by atoms with Crippen molar-refractivity contribution < 1.29 is 9.53 Å². The fourth-order valence-corrected chi connectivity index (χ4v) is 1.83. The third-order valence-electron chi connectivity index (χ3n) is 3.41. The van der Waals surface area contributed by atoms with Crippen LogP contribution in [0.2, 0.25) is 0 Å². The molecule has 1 rings (SSSR count). The van der Waals surface area contributed by atoms with Gasteiger partial charge in [0.05, 0.1) is 18.8 Å². The van der Waals surface area contributed by atoms with Crippen molar-refractivity contribution in [2.75, 3.05) is 33.3 Å². The summed E-state index contributed by atoms with van der Waals surface area (Å²) in [5.41, 5.74) is 5.85. The molecule has 0 aromatic rings. The number of ether oxygens (including phenoxy) is 1. The Labute approximate surface area is 104 Å². The highest BCUT2D eigenvalue weighted by atomic mass is 16.5. The van der Waals surface area contributed by atoms with Gasteiger partial charge in [0, 0.05) is 19.6 Å². The van der Waals surface area contributed by atoms with Crippen molar-refractivity contribution in [1.29, 1.82) is 0 Å². The van der Waals surface area contributed by atoms with E-state index < -0.39 is 6.04 Å². The Morgan fingerprint density at radius 1 is 1.65 bits per heavy atom. The van der Waals surface area contributed by atoms with Gasteiger partial charge < -0.3 is 20.7 Å². The van der Waals surface area contributed by atoms with E-state index >= 15 is 0 Å². The topological polar surface area (TPSA) is 67.6 Å². The number of nitrogens with two attached hydrogens (primary N) is 1. The molecule has 0 bridgehead atoms. The van der Waals surface area contributed by atoms with Crippen molar-refractivity contribution in [2.45, 2.75) is 32.4 Å². The van der Waals surface area contributed by atoms with E-state index in [9.17, 15) is 4.79 Å². The van der Waals surface area contributed by atoms with Gasteiger partial charge in [-0.3, -0.25) is 4.79 Å². The number of nitrogens with zero attached hydrogens (tertiary/aromatic N) is 1. The molecule has 1 unspecified atom stereocenters. The summed E-state index contributed by atoms with van der Waals surface area (Å²) in [6.45, 7) is 7.13. The molecule has 17 heavy (non-hydrogen) atoms. The largest absolute Gasteiger partial charge is 0.374 e. The molecule has 0 spiro atoms. The molecule has 0 saturated carbocycles. The monoisotopic (exact) mass is 243 g/mol. The first kappa shape index (κ1) is 14.4. The number of nitrogens with one attached hydrogen (secondary N) is 1. The lowest BCUT2D eigenvalue weighted by Gasteiger charge is -2.30. The maximum absolute atomic E-state index is 11.8. The number of carbonyl (C=O) groups is 1. The minimum atomic E-state index is -0.415. The zero-order valence-electron chi connectivity index (χ0n) is 11.1. The van der Waals surface area contributed by atoms with Crippen LogP contribution < -0.4 is 11.1 Å². The second kappa shape index (κ2) is 6.93. The second-order valence-corrected chi connectivity index (χ2v) is 4.91. The number of amides is 1. The van der Waals surface area contributed by atoms with Gasteiger partial charge in [-0.05, 0) is 13.0 Å². The molecule has 5 heteroatoms. The first-order valence-electron chi connectivity index (χ1n) is 6.38. The van der Waals surface area contributed by atoms with Crippen molar-refractivity contribution in [3.63, 3.8) is 0 Å². The minimum Gasteiger partial charge on any atom is -0.374 e. The number of hydrogen-bond acceptors (Lipinski definition) is 4. The van der Waals surface area contributed by atoms with E-state index in [0.29, 0.717) is 6.54 Å². The zero-order chi connectivity index (χ0) is 12.8. The molecule has 1 aliphatic rings. The molecule has 1 aliphatic heterocycles. The standard InChI is InChI=1S/C12H25N3O2/c1-4-9(2)11(13)12(16)14-7-10-8-15(3)5-6-17-10/h9-11H,4-8,13H2,1-3H3,(H,14,16)/t9-,10?,11-/m0/s1. The molecule has 0 aliphatic carbocycles. The number of morpholine rings is 1. The summed E-state index contributed by atoms with van der Waals surface area (Å²) in [6.07, 6.45) is 0.999. The van der Waals surface area contributed by atoms with Gasteiger partial charge in [0.15, 0.2) is 0 Å². The van der Waals surface area contributed by atoms with Crippen molar-refractivity contribution >= 4 is 5.91 Å². The third-order valence-corrected chi connectivity index (χ3v) is 3.41. The number of likely N-dealkylation sites (N-methyl/N-ethyl adjacent to an activating group) is 1. The van der Waals surface area contributed by atoms with Crippen LogP contribution in [0.1, 0.15) is 20.3 Å². The van der Waals surface area contributed by atoms with Gasteiger partial charge in [0.1, 0.15) is 0 Å². The average Bonchev–Trinajstić information content (AvgIpc) is 2.34. The molecular weight excluding hydrogens is 218 g/mol. The second-order valence-electron chi connectivity index (χ2n) is 4.91. The smallest absolute Gasteiger partial charge is 0.237 e. The lowest BCUT2D eigenvalue weighted by atomic mass is 9.99. The molecule has 100 valence electrons. The van der Waals surface area contributed by atoms with E-state index in [-0.39, 0.29) is 17.9 Å².